The van der Waals surface area contributed by atoms with Gasteiger partial charge >= 0.3 is 0 Å². The topological polar surface area (TPSA) is 75.3 Å². The highest BCUT2D eigenvalue weighted by Gasteiger charge is 2.12. The maximum Gasteiger partial charge on any atom is 0.236 e. The van der Waals surface area contributed by atoms with Crippen LogP contribution in [0, 0.1) is 11.6 Å². The number of phenolic OH excluding ortho intramolecular Hbond substituents is 1. The van der Waals surface area contributed by atoms with E-state index in [4.69, 9.17) is 0 Å². The Bertz CT molecular complexity index is 1040. The summed E-state index contributed by atoms with van der Waals surface area (Å²) in [6.45, 7) is 0. The van der Waals surface area contributed by atoms with Crippen LogP contribution in [0.25, 0.3) is 4.96 Å². The summed E-state index contributed by atoms with van der Waals surface area (Å²) in [5.74, 6) is -0.416. The monoisotopic (exact) mass is 373 g/mol. The first-order chi connectivity index (χ1) is 12.6. The van der Waals surface area contributed by atoms with Gasteiger partial charge in [-0.05, 0) is 36.2 Å². The Kier molecular flexibility index (Phi) is 4.21. The zero-order valence-corrected chi connectivity index (χ0v) is 14.2. The van der Waals surface area contributed by atoms with E-state index in [-0.39, 0.29) is 11.4 Å². The second-order valence-electron chi connectivity index (χ2n) is 5.67. The summed E-state index contributed by atoms with van der Waals surface area (Å²) >= 11 is 1.24. The highest BCUT2D eigenvalue weighted by molar-refractivity contribution is 7.20. The van der Waals surface area contributed by atoms with E-state index in [1.54, 1.807) is 16.6 Å². The molecule has 0 spiro atoms. The molecule has 9 heteroatoms. The number of rotatable bonds is 5. The lowest BCUT2D eigenvalue weighted by Crippen LogP contribution is -2.00. The van der Waals surface area contributed by atoms with Crippen molar-refractivity contribution in [1.82, 2.24) is 19.8 Å². The molecule has 2 aromatic heterocycles. The number of aromatic nitrogens is 4. The van der Waals surface area contributed by atoms with Crippen LogP contribution < -0.4 is 5.32 Å². The van der Waals surface area contributed by atoms with Gasteiger partial charge in [-0.15, -0.1) is 15.3 Å². The normalized spacial score (nSPS) is 11.2. The molecule has 26 heavy (non-hydrogen) atoms. The maximum absolute atomic E-state index is 13.3. The van der Waals surface area contributed by atoms with Gasteiger partial charge < -0.3 is 10.4 Å². The molecule has 2 heterocycles. The molecule has 0 saturated heterocycles. The molecule has 0 fully saturated rings. The Morgan fingerprint density at radius 1 is 1.00 bits per heavy atom. The number of phenols is 1. The molecule has 0 saturated carbocycles. The average Bonchev–Trinajstić information content (AvgIpc) is 3.14. The molecular weight excluding hydrogens is 360 g/mol. The summed E-state index contributed by atoms with van der Waals surface area (Å²) in [4.78, 5) is 0.588. The molecule has 0 aliphatic carbocycles. The van der Waals surface area contributed by atoms with Crippen LogP contribution in [0.1, 0.15) is 11.4 Å². The van der Waals surface area contributed by atoms with Gasteiger partial charge in [-0.3, -0.25) is 0 Å². The third-order valence-electron chi connectivity index (χ3n) is 3.74. The van der Waals surface area contributed by atoms with Crippen LogP contribution in [0.2, 0.25) is 0 Å². The SMILES string of the molecule is Oc1ccc(CCc2nnc3sc(Nc4cc(F)cc(F)c4)nn23)cc1. The van der Waals surface area contributed by atoms with Crippen molar-refractivity contribution in [1.29, 1.82) is 0 Å². The molecule has 2 N–H and O–H groups in total. The van der Waals surface area contributed by atoms with Crippen molar-refractivity contribution in [3.8, 4) is 5.75 Å². The number of anilines is 2. The number of nitrogens with one attached hydrogen (secondary N) is 1. The summed E-state index contributed by atoms with van der Waals surface area (Å²) in [6.07, 6.45) is 1.33. The van der Waals surface area contributed by atoms with Crippen molar-refractivity contribution in [3.63, 3.8) is 0 Å². The number of hydrogen-bond acceptors (Lipinski definition) is 6. The number of nitrogens with zero attached hydrogens (tertiary/aromatic N) is 4. The lowest BCUT2D eigenvalue weighted by atomic mass is 10.1. The van der Waals surface area contributed by atoms with Gasteiger partial charge in [0.15, 0.2) is 5.82 Å². The first kappa shape index (κ1) is 16.4. The molecule has 6 nitrogen and oxygen atoms in total. The van der Waals surface area contributed by atoms with Crippen molar-refractivity contribution < 1.29 is 13.9 Å². The summed E-state index contributed by atoms with van der Waals surface area (Å²) in [7, 11) is 0. The van der Waals surface area contributed by atoms with Crippen LogP contribution in [0.15, 0.2) is 42.5 Å². The van der Waals surface area contributed by atoms with Crippen LogP contribution in [-0.2, 0) is 12.8 Å². The van der Waals surface area contributed by atoms with Crippen molar-refractivity contribution >= 4 is 27.1 Å². The number of benzene rings is 2. The second-order valence-corrected chi connectivity index (χ2v) is 6.62. The Balaban J connectivity index is 1.52. The lowest BCUT2D eigenvalue weighted by molar-refractivity contribution is 0.475. The summed E-state index contributed by atoms with van der Waals surface area (Å²) in [6, 6.07) is 10.2. The highest BCUT2D eigenvalue weighted by atomic mass is 32.1. The molecule has 4 aromatic rings. The van der Waals surface area contributed by atoms with Gasteiger partial charge in [-0.25, -0.2) is 8.78 Å². The second kappa shape index (κ2) is 6.68. The summed E-state index contributed by atoms with van der Waals surface area (Å²) in [5, 5.41) is 25.2. The largest absolute Gasteiger partial charge is 0.508 e. The number of aromatic hydroxyl groups is 1. The summed E-state index contributed by atoms with van der Waals surface area (Å²) < 4.78 is 28.2. The maximum atomic E-state index is 13.3. The fourth-order valence-corrected chi connectivity index (χ4v) is 3.31. The highest BCUT2D eigenvalue weighted by Crippen LogP contribution is 2.24. The van der Waals surface area contributed by atoms with E-state index in [0.717, 1.165) is 18.1 Å². The molecule has 0 amide bonds. The Labute approximate surface area is 150 Å². The van der Waals surface area contributed by atoms with Gasteiger partial charge in [0.2, 0.25) is 10.1 Å². The zero-order valence-electron chi connectivity index (χ0n) is 13.4. The molecule has 0 bridgehead atoms. The third-order valence-corrected chi connectivity index (χ3v) is 4.56. The number of aryl methyl sites for hydroxylation is 2. The first-order valence-corrected chi connectivity index (χ1v) is 8.60. The fourth-order valence-electron chi connectivity index (χ4n) is 2.53. The Hall–Kier alpha value is -3.07. The van der Waals surface area contributed by atoms with Crippen LogP contribution >= 0.6 is 11.3 Å². The lowest BCUT2D eigenvalue weighted by Gasteiger charge is -2.02. The van der Waals surface area contributed by atoms with E-state index in [1.807, 2.05) is 12.1 Å². The average molecular weight is 373 g/mol. The molecule has 0 radical (unpaired) electrons. The van der Waals surface area contributed by atoms with E-state index in [2.05, 4.69) is 20.6 Å². The quantitative estimate of drug-likeness (QED) is 0.558. The minimum Gasteiger partial charge on any atom is -0.508 e. The molecule has 4 rings (SSSR count). The first-order valence-electron chi connectivity index (χ1n) is 7.79. The summed E-state index contributed by atoms with van der Waals surface area (Å²) in [5.41, 5.74) is 1.33. The van der Waals surface area contributed by atoms with Crippen LogP contribution in [0.5, 0.6) is 5.75 Å². The van der Waals surface area contributed by atoms with Crippen LogP contribution in [-0.4, -0.2) is 24.9 Å². The number of halogens is 2. The molecule has 0 unspecified atom stereocenters. The Morgan fingerprint density at radius 3 is 2.46 bits per heavy atom. The molecule has 132 valence electrons. The molecular formula is C17H13F2N5OS. The smallest absolute Gasteiger partial charge is 0.236 e. The van der Waals surface area contributed by atoms with E-state index in [0.29, 0.717) is 22.3 Å². The van der Waals surface area contributed by atoms with Crippen LogP contribution in [0.3, 0.4) is 0 Å². The van der Waals surface area contributed by atoms with Gasteiger partial charge in [-0.1, -0.05) is 23.5 Å². The minimum absolute atomic E-state index is 0.225. The zero-order chi connectivity index (χ0) is 18.1. The van der Waals surface area contributed by atoms with Crippen LogP contribution in [0.4, 0.5) is 19.6 Å². The van der Waals surface area contributed by atoms with Crippen molar-refractivity contribution in [2.24, 2.45) is 0 Å². The van der Waals surface area contributed by atoms with Crippen molar-refractivity contribution in [2.45, 2.75) is 12.8 Å². The van der Waals surface area contributed by atoms with Gasteiger partial charge in [0, 0.05) is 18.2 Å². The molecule has 2 aromatic carbocycles. The van der Waals surface area contributed by atoms with E-state index in [9.17, 15) is 13.9 Å². The Morgan fingerprint density at radius 2 is 1.73 bits per heavy atom. The van der Waals surface area contributed by atoms with Gasteiger partial charge in [0.25, 0.3) is 0 Å². The predicted molar refractivity (Wildman–Crippen MR) is 93.8 cm³/mol. The van der Waals surface area contributed by atoms with E-state index in [1.165, 1.54) is 23.5 Å². The number of hydrogen-bond donors (Lipinski definition) is 2. The standard InChI is InChI=1S/C17H13F2N5OS/c18-11-7-12(19)9-13(8-11)20-16-23-24-15(21-22-17(24)26-16)6-3-10-1-4-14(25)5-2-10/h1-2,4-5,7-9,25H,3,6H2,(H,20,23). The molecule has 0 aliphatic heterocycles. The van der Waals surface area contributed by atoms with Crippen molar-refractivity contribution in [2.75, 3.05) is 5.32 Å². The predicted octanol–water partition coefficient (Wildman–Crippen LogP) is 3.70. The third kappa shape index (κ3) is 3.47. The van der Waals surface area contributed by atoms with Gasteiger partial charge in [0.1, 0.15) is 17.4 Å². The van der Waals surface area contributed by atoms with Gasteiger partial charge in [-0.2, -0.15) is 4.52 Å². The van der Waals surface area contributed by atoms with Gasteiger partial charge in [0.05, 0.1) is 0 Å². The molecule has 0 aliphatic rings. The fraction of sp³-hybridized carbons (Fsp3) is 0.118. The van der Waals surface area contributed by atoms with Crippen molar-refractivity contribution in [3.05, 3.63) is 65.5 Å². The molecule has 0 atom stereocenters. The van der Waals surface area contributed by atoms with E-state index >= 15 is 0 Å². The minimum atomic E-state index is -0.662. The van der Waals surface area contributed by atoms with E-state index < -0.39 is 11.6 Å². The number of fused-ring (bicyclic) bond motifs is 1.